The lowest BCUT2D eigenvalue weighted by atomic mass is 9.96. The Labute approximate surface area is 159 Å². The highest BCUT2D eigenvalue weighted by Crippen LogP contribution is 2.44. The second-order valence-corrected chi connectivity index (χ2v) is 7.68. The third kappa shape index (κ3) is 3.04. The normalized spacial score (nSPS) is 22.8. The van der Waals surface area contributed by atoms with Crippen LogP contribution < -0.4 is 20.7 Å². The molecule has 1 fully saturated rings. The highest BCUT2D eigenvalue weighted by Gasteiger charge is 2.33. The van der Waals surface area contributed by atoms with E-state index in [1.807, 2.05) is 20.0 Å². The number of ether oxygens (including phenoxy) is 1. The van der Waals surface area contributed by atoms with Gasteiger partial charge >= 0.3 is 0 Å². The van der Waals surface area contributed by atoms with E-state index in [-0.39, 0.29) is 0 Å². The van der Waals surface area contributed by atoms with Gasteiger partial charge in [-0.3, -0.25) is 0 Å². The van der Waals surface area contributed by atoms with Crippen molar-refractivity contribution in [2.45, 2.75) is 19.8 Å². The van der Waals surface area contributed by atoms with Gasteiger partial charge in [0.2, 0.25) is 5.95 Å². The van der Waals surface area contributed by atoms with Crippen LogP contribution in [0.2, 0.25) is 0 Å². The lowest BCUT2D eigenvalue weighted by Gasteiger charge is -2.14. The van der Waals surface area contributed by atoms with Gasteiger partial charge in [-0.2, -0.15) is 4.98 Å². The van der Waals surface area contributed by atoms with E-state index in [4.69, 9.17) is 4.74 Å². The van der Waals surface area contributed by atoms with Gasteiger partial charge in [0.1, 0.15) is 11.6 Å². The van der Waals surface area contributed by atoms with Crippen LogP contribution in [0.4, 0.5) is 17.5 Å². The first-order valence-corrected chi connectivity index (χ1v) is 9.71. The average molecular weight is 363 g/mol. The Bertz CT molecular complexity index is 923. The highest BCUT2D eigenvalue weighted by molar-refractivity contribution is 5.78. The quantitative estimate of drug-likeness (QED) is 0.775. The minimum absolute atomic E-state index is 0.616. The van der Waals surface area contributed by atoms with Crippen molar-refractivity contribution >= 4 is 23.0 Å². The maximum Gasteiger partial charge on any atom is 0.229 e. The molecule has 2 aromatic rings. The Morgan fingerprint density at radius 3 is 2.96 bits per heavy atom. The molecule has 0 bridgehead atoms. The molecule has 3 heterocycles. The Morgan fingerprint density at radius 1 is 1.19 bits per heavy atom. The molecule has 3 aliphatic rings. The van der Waals surface area contributed by atoms with Gasteiger partial charge in [-0.25, -0.2) is 4.98 Å². The zero-order valence-corrected chi connectivity index (χ0v) is 15.8. The standard InChI is InChI=1S/C21H25N5O/c1-12-5-19(22-2)26-21(24-12)25-17-8-13-3-4-27-20(13)18(9-17)14-6-15-10-23-11-16(15)7-14/h5-6,8-9,15-16,23H,3-4,7,10-11H2,1-2H3,(H2,22,24,25,26). The molecule has 0 radical (unpaired) electrons. The first kappa shape index (κ1) is 16.6. The van der Waals surface area contributed by atoms with Gasteiger partial charge in [-0.15, -0.1) is 0 Å². The van der Waals surface area contributed by atoms with Gasteiger partial charge in [0.25, 0.3) is 0 Å². The van der Waals surface area contributed by atoms with Crippen molar-refractivity contribution in [2.75, 3.05) is 37.4 Å². The predicted molar refractivity (Wildman–Crippen MR) is 108 cm³/mol. The molecule has 2 aliphatic heterocycles. The van der Waals surface area contributed by atoms with Crippen molar-refractivity contribution in [3.05, 3.63) is 41.1 Å². The summed E-state index contributed by atoms with van der Waals surface area (Å²) in [5, 5.41) is 9.99. The molecular formula is C21H25N5O. The smallest absolute Gasteiger partial charge is 0.229 e. The number of rotatable bonds is 4. The third-order valence-corrected chi connectivity index (χ3v) is 5.79. The molecule has 1 aliphatic carbocycles. The first-order chi connectivity index (χ1) is 13.2. The lowest BCUT2D eigenvalue weighted by molar-refractivity contribution is 0.356. The van der Waals surface area contributed by atoms with Crippen LogP contribution in [0.1, 0.15) is 23.2 Å². The van der Waals surface area contributed by atoms with Crippen LogP contribution in [0.5, 0.6) is 5.75 Å². The van der Waals surface area contributed by atoms with Gasteiger partial charge in [0, 0.05) is 48.6 Å². The molecule has 1 aromatic carbocycles. The summed E-state index contributed by atoms with van der Waals surface area (Å²) in [4.78, 5) is 9.06. The fourth-order valence-electron chi connectivity index (χ4n) is 4.48. The van der Waals surface area contributed by atoms with E-state index < -0.39 is 0 Å². The summed E-state index contributed by atoms with van der Waals surface area (Å²) in [5.74, 6) is 3.89. The molecule has 2 atom stereocenters. The molecule has 0 amide bonds. The minimum atomic E-state index is 0.616. The van der Waals surface area contributed by atoms with E-state index in [0.717, 1.165) is 61.4 Å². The molecule has 1 aromatic heterocycles. The number of aryl methyl sites for hydroxylation is 1. The monoisotopic (exact) mass is 363 g/mol. The first-order valence-electron chi connectivity index (χ1n) is 9.71. The van der Waals surface area contributed by atoms with Gasteiger partial charge in [0.05, 0.1) is 6.61 Å². The number of nitrogens with zero attached hydrogens (tertiary/aromatic N) is 2. The van der Waals surface area contributed by atoms with Gasteiger partial charge in [-0.1, -0.05) is 6.08 Å². The Balaban J connectivity index is 1.50. The van der Waals surface area contributed by atoms with Gasteiger partial charge in [0.15, 0.2) is 0 Å². The van der Waals surface area contributed by atoms with E-state index in [1.54, 1.807) is 0 Å². The zero-order valence-electron chi connectivity index (χ0n) is 15.8. The number of anilines is 3. The summed E-state index contributed by atoms with van der Waals surface area (Å²) >= 11 is 0. The Morgan fingerprint density at radius 2 is 2.11 bits per heavy atom. The number of allylic oxidation sites excluding steroid dienone is 1. The summed E-state index contributed by atoms with van der Waals surface area (Å²) in [6, 6.07) is 6.31. The van der Waals surface area contributed by atoms with Crippen LogP contribution in [-0.2, 0) is 6.42 Å². The molecule has 0 spiro atoms. The summed E-state index contributed by atoms with van der Waals surface area (Å²) in [7, 11) is 1.87. The van der Waals surface area contributed by atoms with Crippen LogP contribution in [-0.4, -0.2) is 36.7 Å². The second kappa shape index (κ2) is 6.53. The van der Waals surface area contributed by atoms with Crippen LogP contribution in [0.15, 0.2) is 24.3 Å². The topological polar surface area (TPSA) is 71.1 Å². The van der Waals surface area contributed by atoms with Crippen LogP contribution in [0.3, 0.4) is 0 Å². The van der Waals surface area contributed by atoms with E-state index in [1.165, 1.54) is 16.7 Å². The van der Waals surface area contributed by atoms with Gasteiger partial charge < -0.3 is 20.7 Å². The summed E-state index contributed by atoms with van der Waals surface area (Å²) in [6.07, 6.45) is 4.53. The number of hydrogen-bond acceptors (Lipinski definition) is 6. The van der Waals surface area contributed by atoms with Crippen molar-refractivity contribution in [1.29, 1.82) is 0 Å². The van der Waals surface area contributed by atoms with Crippen LogP contribution >= 0.6 is 0 Å². The number of fused-ring (bicyclic) bond motifs is 2. The molecule has 6 nitrogen and oxygen atoms in total. The molecule has 6 heteroatoms. The summed E-state index contributed by atoms with van der Waals surface area (Å²) < 4.78 is 6.00. The molecule has 5 rings (SSSR count). The summed E-state index contributed by atoms with van der Waals surface area (Å²) in [6.45, 7) is 4.96. The van der Waals surface area contributed by atoms with Crippen molar-refractivity contribution in [3.63, 3.8) is 0 Å². The maximum absolute atomic E-state index is 6.00. The number of hydrogen-bond donors (Lipinski definition) is 3. The Kier molecular flexibility index (Phi) is 4.01. The van der Waals surface area contributed by atoms with E-state index in [0.29, 0.717) is 11.9 Å². The molecule has 27 heavy (non-hydrogen) atoms. The van der Waals surface area contributed by atoms with Crippen LogP contribution in [0.25, 0.3) is 5.57 Å². The SMILES string of the molecule is CNc1cc(C)nc(Nc2cc3c(c(C4=CC5CNCC5C4)c2)OCC3)n1. The van der Waals surface area contributed by atoms with E-state index in [9.17, 15) is 0 Å². The molecule has 3 N–H and O–H groups in total. The third-order valence-electron chi connectivity index (χ3n) is 5.79. The van der Waals surface area contributed by atoms with E-state index in [2.05, 4.69) is 44.1 Å². The van der Waals surface area contributed by atoms with Crippen LogP contribution in [0, 0.1) is 18.8 Å². The molecule has 0 saturated carbocycles. The number of nitrogens with one attached hydrogen (secondary N) is 3. The number of aromatic nitrogens is 2. The van der Waals surface area contributed by atoms with Crippen molar-refractivity contribution < 1.29 is 4.74 Å². The summed E-state index contributed by atoms with van der Waals surface area (Å²) in [5.41, 5.74) is 5.89. The highest BCUT2D eigenvalue weighted by atomic mass is 16.5. The maximum atomic E-state index is 6.00. The Hall–Kier alpha value is -2.60. The molecule has 140 valence electrons. The minimum Gasteiger partial charge on any atom is -0.492 e. The van der Waals surface area contributed by atoms with Gasteiger partial charge in [-0.05, 0) is 49.4 Å². The predicted octanol–water partition coefficient (Wildman–Crippen LogP) is 3.13. The molecular weight excluding hydrogens is 338 g/mol. The lowest BCUT2D eigenvalue weighted by Crippen LogP contribution is -2.09. The van der Waals surface area contributed by atoms with E-state index >= 15 is 0 Å². The van der Waals surface area contributed by atoms with Crippen molar-refractivity contribution in [2.24, 2.45) is 11.8 Å². The fourth-order valence-corrected chi connectivity index (χ4v) is 4.48. The average Bonchev–Trinajstić information content (AvgIpc) is 3.36. The van der Waals surface area contributed by atoms with Crippen molar-refractivity contribution in [1.82, 2.24) is 15.3 Å². The molecule has 1 saturated heterocycles. The fraction of sp³-hybridized carbons (Fsp3) is 0.429. The zero-order chi connectivity index (χ0) is 18.4. The molecule has 2 unspecified atom stereocenters. The van der Waals surface area contributed by atoms with Crippen molar-refractivity contribution in [3.8, 4) is 5.75 Å². The largest absolute Gasteiger partial charge is 0.492 e. The second-order valence-electron chi connectivity index (χ2n) is 7.68. The number of benzene rings is 1.